The maximum atomic E-state index is 10.7. The smallest absolute Gasteiger partial charge is 0.305 e. The Bertz CT molecular complexity index is 447. The summed E-state index contributed by atoms with van der Waals surface area (Å²) in [5.41, 5.74) is 7.28. The molecule has 1 aromatic rings. The van der Waals surface area contributed by atoms with E-state index in [4.69, 9.17) is 25.1 Å². The van der Waals surface area contributed by atoms with Gasteiger partial charge < -0.3 is 25.1 Å². The molecule has 19 heavy (non-hydrogen) atoms. The van der Waals surface area contributed by atoms with Gasteiger partial charge in [-0.25, -0.2) is 0 Å². The zero-order chi connectivity index (χ0) is 14.4. The van der Waals surface area contributed by atoms with Gasteiger partial charge in [-0.2, -0.15) is 0 Å². The second-order valence-electron chi connectivity index (χ2n) is 4.02. The summed E-state index contributed by atoms with van der Waals surface area (Å²) >= 11 is 0. The van der Waals surface area contributed by atoms with Crippen LogP contribution in [-0.2, 0) is 16.1 Å². The lowest BCUT2D eigenvalue weighted by atomic mass is 10.0. The van der Waals surface area contributed by atoms with Crippen molar-refractivity contribution in [2.75, 3.05) is 21.3 Å². The zero-order valence-corrected chi connectivity index (χ0v) is 11.3. The summed E-state index contributed by atoms with van der Waals surface area (Å²) in [6.07, 6.45) is -0.177. The molecule has 0 radical (unpaired) electrons. The van der Waals surface area contributed by atoms with Crippen molar-refractivity contribution < 1.29 is 24.1 Å². The Labute approximate surface area is 112 Å². The van der Waals surface area contributed by atoms with Crippen molar-refractivity contribution in [1.29, 1.82) is 0 Å². The first kappa shape index (κ1) is 15.3. The van der Waals surface area contributed by atoms with Crippen molar-refractivity contribution >= 4 is 5.97 Å². The highest BCUT2D eigenvalue weighted by Crippen LogP contribution is 2.38. The lowest BCUT2D eigenvalue weighted by molar-refractivity contribution is -0.137. The predicted molar refractivity (Wildman–Crippen MR) is 69.4 cm³/mol. The van der Waals surface area contributed by atoms with Crippen LogP contribution in [0.2, 0.25) is 0 Å². The molecule has 6 nitrogen and oxygen atoms in total. The van der Waals surface area contributed by atoms with Gasteiger partial charge in [-0.3, -0.25) is 4.79 Å². The van der Waals surface area contributed by atoms with E-state index in [1.807, 2.05) is 0 Å². The van der Waals surface area contributed by atoms with Gasteiger partial charge in [-0.05, 0) is 0 Å². The molecular formula is C13H19NO5. The van der Waals surface area contributed by atoms with Gasteiger partial charge in [0.1, 0.15) is 0 Å². The summed E-state index contributed by atoms with van der Waals surface area (Å²) in [5.74, 6) is 0.00276. The molecule has 0 amide bonds. The lowest BCUT2D eigenvalue weighted by Crippen LogP contribution is -2.16. The van der Waals surface area contributed by atoms with E-state index in [-0.39, 0.29) is 6.42 Å². The Morgan fingerprint density at radius 3 is 2.37 bits per heavy atom. The molecule has 1 atom stereocenters. The van der Waals surface area contributed by atoms with Gasteiger partial charge in [0.05, 0.1) is 27.2 Å². The highest BCUT2D eigenvalue weighted by atomic mass is 16.5. The van der Waals surface area contributed by atoms with E-state index in [1.54, 1.807) is 19.2 Å². The van der Waals surface area contributed by atoms with E-state index < -0.39 is 12.0 Å². The minimum atomic E-state index is -0.963. The van der Waals surface area contributed by atoms with Crippen LogP contribution < -0.4 is 15.2 Å². The molecule has 0 fully saturated rings. The van der Waals surface area contributed by atoms with Gasteiger partial charge in [-0.1, -0.05) is 12.1 Å². The third-order valence-corrected chi connectivity index (χ3v) is 2.73. The molecule has 0 heterocycles. The predicted octanol–water partition coefficient (Wildman–Crippen LogP) is 1.32. The zero-order valence-electron chi connectivity index (χ0n) is 11.3. The molecule has 0 aromatic heterocycles. The summed E-state index contributed by atoms with van der Waals surface area (Å²) in [5, 5.41) is 8.80. The second kappa shape index (κ2) is 6.96. The fourth-order valence-electron chi connectivity index (χ4n) is 1.91. The highest BCUT2D eigenvalue weighted by Gasteiger charge is 2.20. The number of hydrogen-bond acceptors (Lipinski definition) is 5. The minimum Gasteiger partial charge on any atom is -0.492 e. The number of hydrogen-bond donors (Lipinski definition) is 2. The Hall–Kier alpha value is -1.79. The molecule has 0 aliphatic carbocycles. The van der Waals surface area contributed by atoms with Crippen molar-refractivity contribution in [3.63, 3.8) is 0 Å². The van der Waals surface area contributed by atoms with E-state index in [9.17, 15) is 4.79 Å². The Kier molecular flexibility index (Phi) is 5.59. The quantitative estimate of drug-likeness (QED) is 0.776. The topological polar surface area (TPSA) is 91.0 Å². The lowest BCUT2D eigenvalue weighted by Gasteiger charge is -2.19. The number of carboxylic acid groups (broad SMARTS) is 1. The second-order valence-corrected chi connectivity index (χ2v) is 4.02. The molecule has 3 N–H and O–H groups in total. The van der Waals surface area contributed by atoms with E-state index in [1.165, 1.54) is 14.2 Å². The molecule has 1 rings (SSSR count). The molecule has 0 bridgehead atoms. The van der Waals surface area contributed by atoms with Crippen LogP contribution in [0.15, 0.2) is 12.1 Å². The fraction of sp³-hybridized carbons (Fsp3) is 0.462. The van der Waals surface area contributed by atoms with Crippen LogP contribution in [-0.4, -0.2) is 32.4 Å². The van der Waals surface area contributed by atoms with E-state index >= 15 is 0 Å². The van der Waals surface area contributed by atoms with Gasteiger partial charge >= 0.3 is 5.97 Å². The van der Waals surface area contributed by atoms with Crippen molar-refractivity contribution in [2.45, 2.75) is 19.1 Å². The third kappa shape index (κ3) is 3.59. The van der Waals surface area contributed by atoms with Crippen LogP contribution in [0.4, 0.5) is 0 Å². The summed E-state index contributed by atoms with van der Waals surface area (Å²) in [7, 11) is 4.59. The van der Waals surface area contributed by atoms with Gasteiger partial charge in [-0.15, -0.1) is 0 Å². The first-order valence-corrected chi connectivity index (χ1v) is 5.75. The van der Waals surface area contributed by atoms with Gasteiger partial charge in [0.2, 0.25) is 0 Å². The number of ether oxygens (including phenoxy) is 3. The Morgan fingerprint density at radius 1 is 1.26 bits per heavy atom. The molecule has 106 valence electrons. The molecule has 6 heteroatoms. The first-order valence-electron chi connectivity index (χ1n) is 5.75. The SMILES string of the molecule is COCc1ccc(C(N)CC(=O)O)c(OC)c1OC. The molecule has 0 saturated heterocycles. The van der Waals surface area contributed by atoms with E-state index in [2.05, 4.69) is 0 Å². The average Bonchev–Trinajstić information content (AvgIpc) is 2.37. The van der Waals surface area contributed by atoms with Crippen LogP contribution >= 0.6 is 0 Å². The van der Waals surface area contributed by atoms with E-state index in [0.717, 1.165) is 5.56 Å². The summed E-state index contributed by atoms with van der Waals surface area (Å²) in [6, 6.07) is 2.88. The van der Waals surface area contributed by atoms with Crippen LogP contribution in [0.1, 0.15) is 23.6 Å². The first-order chi connectivity index (χ1) is 9.04. The Balaban J connectivity index is 3.22. The van der Waals surface area contributed by atoms with Crippen LogP contribution in [0.25, 0.3) is 0 Å². The maximum absolute atomic E-state index is 10.7. The number of nitrogens with two attached hydrogens (primary N) is 1. The number of aliphatic carboxylic acids is 1. The van der Waals surface area contributed by atoms with Gasteiger partial charge in [0, 0.05) is 24.3 Å². The number of benzene rings is 1. The largest absolute Gasteiger partial charge is 0.492 e. The normalized spacial score (nSPS) is 12.0. The standard InChI is InChI=1S/C13H19NO5/c1-17-7-8-4-5-9(10(14)6-11(15)16)13(19-3)12(8)18-2/h4-5,10H,6-7,14H2,1-3H3,(H,15,16). The van der Waals surface area contributed by atoms with Gasteiger partial charge in [0.25, 0.3) is 0 Å². The molecule has 1 unspecified atom stereocenters. The van der Waals surface area contributed by atoms with Crippen molar-refractivity contribution in [1.82, 2.24) is 0 Å². The van der Waals surface area contributed by atoms with Crippen LogP contribution in [0.3, 0.4) is 0 Å². The molecule has 0 aliphatic heterocycles. The average molecular weight is 269 g/mol. The number of carboxylic acids is 1. The summed E-state index contributed by atoms with van der Waals surface area (Å²) in [6.45, 7) is 0.369. The number of carbonyl (C=O) groups is 1. The molecule has 0 saturated carbocycles. The minimum absolute atomic E-state index is 0.177. The molecule has 1 aromatic carbocycles. The third-order valence-electron chi connectivity index (χ3n) is 2.73. The molecular weight excluding hydrogens is 250 g/mol. The summed E-state index contributed by atoms with van der Waals surface area (Å²) < 4.78 is 15.7. The fourth-order valence-corrected chi connectivity index (χ4v) is 1.91. The molecule has 0 spiro atoms. The van der Waals surface area contributed by atoms with Crippen LogP contribution in [0, 0.1) is 0 Å². The van der Waals surface area contributed by atoms with Crippen molar-refractivity contribution in [3.05, 3.63) is 23.3 Å². The maximum Gasteiger partial charge on any atom is 0.305 e. The van der Waals surface area contributed by atoms with Gasteiger partial charge in [0.15, 0.2) is 11.5 Å². The number of methoxy groups -OCH3 is 3. The Morgan fingerprint density at radius 2 is 1.89 bits per heavy atom. The van der Waals surface area contributed by atoms with Crippen LogP contribution in [0.5, 0.6) is 11.5 Å². The summed E-state index contributed by atoms with van der Waals surface area (Å²) in [4.78, 5) is 10.7. The highest BCUT2D eigenvalue weighted by molar-refractivity contribution is 5.68. The number of rotatable bonds is 7. The van der Waals surface area contributed by atoms with Crippen molar-refractivity contribution in [2.24, 2.45) is 5.73 Å². The monoisotopic (exact) mass is 269 g/mol. The molecule has 0 aliphatic rings. The van der Waals surface area contributed by atoms with Crippen molar-refractivity contribution in [3.8, 4) is 11.5 Å². The van der Waals surface area contributed by atoms with E-state index in [0.29, 0.717) is 23.7 Å².